The molecule has 1 fully saturated rings. The molecule has 0 amide bonds. The van der Waals surface area contributed by atoms with Crippen LogP contribution >= 0.6 is 27.5 Å². The van der Waals surface area contributed by atoms with Gasteiger partial charge in [-0.1, -0.05) is 18.0 Å². The van der Waals surface area contributed by atoms with Gasteiger partial charge in [-0.2, -0.15) is 0 Å². The van der Waals surface area contributed by atoms with Crippen LogP contribution in [-0.4, -0.2) is 26.8 Å². The van der Waals surface area contributed by atoms with Crippen molar-refractivity contribution in [1.82, 2.24) is 5.32 Å². The van der Waals surface area contributed by atoms with Crippen molar-refractivity contribution in [3.8, 4) is 0 Å². The lowest BCUT2D eigenvalue weighted by atomic mass is 10.1. The summed E-state index contributed by atoms with van der Waals surface area (Å²) in [5, 5.41) is 3.78. The van der Waals surface area contributed by atoms with E-state index in [0.29, 0.717) is 15.2 Å². The van der Waals surface area contributed by atoms with Gasteiger partial charge in [0.1, 0.15) is 0 Å². The van der Waals surface area contributed by atoms with Crippen LogP contribution in [0.15, 0.2) is 16.6 Å². The van der Waals surface area contributed by atoms with E-state index in [9.17, 15) is 8.42 Å². The summed E-state index contributed by atoms with van der Waals surface area (Å²) in [5.74, 6) is 0.0882. The third kappa shape index (κ3) is 4.35. The lowest BCUT2D eigenvalue weighted by molar-refractivity contribution is 0.424. The van der Waals surface area contributed by atoms with E-state index in [2.05, 4.69) is 26.0 Å². The number of piperidine rings is 1. The van der Waals surface area contributed by atoms with Crippen molar-refractivity contribution in [1.29, 1.82) is 0 Å². The van der Waals surface area contributed by atoms with Gasteiger partial charge in [0, 0.05) is 15.5 Å². The van der Waals surface area contributed by atoms with Crippen molar-refractivity contribution >= 4 is 43.2 Å². The van der Waals surface area contributed by atoms with Gasteiger partial charge in [-0.3, -0.25) is 4.72 Å². The lowest BCUT2D eigenvalue weighted by Gasteiger charge is -2.23. The Labute approximate surface area is 133 Å². The number of halogens is 2. The summed E-state index contributed by atoms with van der Waals surface area (Å²) in [6, 6.07) is 3.47. The van der Waals surface area contributed by atoms with Crippen molar-refractivity contribution in [2.75, 3.05) is 17.0 Å². The fourth-order valence-corrected chi connectivity index (χ4v) is 4.52. The first kappa shape index (κ1) is 16.1. The van der Waals surface area contributed by atoms with Gasteiger partial charge in [-0.25, -0.2) is 8.42 Å². The van der Waals surface area contributed by atoms with Crippen LogP contribution in [0.2, 0.25) is 5.02 Å². The monoisotopic (exact) mass is 380 g/mol. The van der Waals surface area contributed by atoms with E-state index in [1.165, 1.54) is 0 Å². The first-order chi connectivity index (χ1) is 9.37. The van der Waals surface area contributed by atoms with Crippen LogP contribution in [0.5, 0.6) is 0 Å². The number of anilines is 1. The summed E-state index contributed by atoms with van der Waals surface area (Å²) in [4.78, 5) is 0. The lowest BCUT2D eigenvalue weighted by Crippen LogP contribution is -2.40. The summed E-state index contributed by atoms with van der Waals surface area (Å²) in [6.45, 7) is 2.76. The summed E-state index contributed by atoms with van der Waals surface area (Å²) in [7, 11) is -3.39. The molecule has 0 spiro atoms. The minimum Gasteiger partial charge on any atom is -0.313 e. The second-order valence-electron chi connectivity index (χ2n) is 5.11. The molecule has 0 aliphatic carbocycles. The van der Waals surface area contributed by atoms with Crippen molar-refractivity contribution in [2.45, 2.75) is 32.2 Å². The molecule has 1 aromatic rings. The molecular formula is C13H18BrClN2O2S. The maximum absolute atomic E-state index is 12.2. The van der Waals surface area contributed by atoms with Gasteiger partial charge in [-0.05, 0) is 59.9 Å². The molecule has 1 aromatic carbocycles. The Morgan fingerprint density at radius 1 is 1.45 bits per heavy atom. The van der Waals surface area contributed by atoms with Crippen LogP contribution in [-0.2, 0) is 10.0 Å². The van der Waals surface area contributed by atoms with Crippen LogP contribution in [0.1, 0.15) is 24.8 Å². The third-order valence-electron chi connectivity index (χ3n) is 3.35. The molecule has 0 bridgehead atoms. The highest BCUT2D eigenvalue weighted by Gasteiger charge is 2.21. The SMILES string of the molecule is Cc1cc(Br)c(NS(=O)(=O)CC2CCCCN2)cc1Cl. The average Bonchev–Trinajstić information content (AvgIpc) is 2.36. The van der Waals surface area contributed by atoms with Crippen LogP contribution < -0.4 is 10.0 Å². The maximum Gasteiger partial charge on any atom is 0.234 e. The highest BCUT2D eigenvalue weighted by Crippen LogP contribution is 2.30. The number of benzene rings is 1. The van der Waals surface area contributed by atoms with E-state index in [-0.39, 0.29) is 11.8 Å². The van der Waals surface area contributed by atoms with E-state index in [1.807, 2.05) is 6.92 Å². The molecule has 4 nitrogen and oxygen atoms in total. The summed E-state index contributed by atoms with van der Waals surface area (Å²) in [5.41, 5.74) is 1.38. The largest absolute Gasteiger partial charge is 0.313 e. The molecule has 1 saturated heterocycles. The normalized spacial score (nSPS) is 19.9. The molecular weight excluding hydrogens is 364 g/mol. The Morgan fingerprint density at radius 2 is 2.20 bits per heavy atom. The number of hydrogen-bond donors (Lipinski definition) is 2. The second-order valence-corrected chi connectivity index (χ2v) is 8.14. The number of hydrogen-bond acceptors (Lipinski definition) is 3. The molecule has 1 unspecified atom stereocenters. The zero-order chi connectivity index (χ0) is 14.8. The number of rotatable bonds is 4. The molecule has 2 N–H and O–H groups in total. The Morgan fingerprint density at radius 3 is 2.85 bits per heavy atom. The quantitative estimate of drug-likeness (QED) is 0.841. The predicted molar refractivity (Wildman–Crippen MR) is 86.9 cm³/mol. The molecule has 20 heavy (non-hydrogen) atoms. The topological polar surface area (TPSA) is 58.2 Å². The summed E-state index contributed by atoms with van der Waals surface area (Å²) >= 11 is 9.40. The van der Waals surface area contributed by atoms with E-state index in [1.54, 1.807) is 12.1 Å². The Hall–Kier alpha value is -0.300. The molecule has 1 heterocycles. The van der Waals surface area contributed by atoms with Crippen LogP contribution in [0.4, 0.5) is 5.69 Å². The van der Waals surface area contributed by atoms with E-state index < -0.39 is 10.0 Å². The summed E-state index contributed by atoms with van der Waals surface area (Å²) < 4.78 is 27.7. The molecule has 1 aliphatic rings. The van der Waals surface area contributed by atoms with Gasteiger partial charge >= 0.3 is 0 Å². The molecule has 1 aliphatic heterocycles. The molecule has 1 atom stereocenters. The molecule has 2 rings (SSSR count). The Kier molecular flexibility index (Phi) is 5.34. The molecule has 0 radical (unpaired) electrons. The van der Waals surface area contributed by atoms with Crippen molar-refractivity contribution in [2.24, 2.45) is 0 Å². The van der Waals surface area contributed by atoms with Gasteiger partial charge in [0.2, 0.25) is 10.0 Å². The van der Waals surface area contributed by atoms with Crippen LogP contribution in [0.3, 0.4) is 0 Å². The Balaban J connectivity index is 2.09. The highest BCUT2D eigenvalue weighted by molar-refractivity contribution is 9.10. The first-order valence-corrected chi connectivity index (χ1v) is 9.39. The van der Waals surface area contributed by atoms with Crippen LogP contribution in [0, 0.1) is 6.92 Å². The van der Waals surface area contributed by atoms with Gasteiger partial charge < -0.3 is 5.32 Å². The minimum atomic E-state index is -3.39. The molecule has 112 valence electrons. The van der Waals surface area contributed by atoms with Gasteiger partial charge in [-0.15, -0.1) is 0 Å². The average molecular weight is 382 g/mol. The second kappa shape index (κ2) is 6.64. The molecule has 0 aromatic heterocycles. The van der Waals surface area contributed by atoms with Crippen molar-refractivity contribution < 1.29 is 8.42 Å². The zero-order valence-electron chi connectivity index (χ0n) is 11.2. The standard InChI is InChI=1S/C13H18BrClN2O2S/c1-9-6-11(14)13(7-12(9)15)17-20(18,19)8-10-4-2-3-5-16-10/h6-7,10,16-17H,2-5,8H2,1H3. The number of aryl methyl sites for hydroxylation is 1. The summed E-state index contributed by atoms with van der Waals surface area (Å²) in [6.07, 6.45) is 3.09. The van der Waals surface area contributed by atoms with Gasteiger partial charge in [0.25, 0.3) is 0 Å². The third-order valence-corrected chi connectivity index (χ3v) is 5.78. The fraction of sp³-hybridized carbons (Fsp3) is 0.538. The Bertz CT molecular complexity index is 586. The zero-order valence-corrected chi connectivity index (χ0v) is 14.4. The van der Waals surface area contributed by atoms with Crippen LogP contribution in [0.25, 0.3) is 0 Å². The van der Waals surface area contributed by atoms with Gasteiger partial charge in [0.15, 0.2) is 0 Å². The van der Waals surface area contributed by atoms with Crippen molar-refractivity contribution in [3.63, 3.8) is 0 Å². The fourth-order valence-electron chi connectivity index (χ4n) is 2.26. The van der Waals surface area contributed by atoms with Crippen molar-refractivity contribution in [3.05, 3.63) is 27.2 Å². The number of sulfonamides is 1. The van der Waals surface area contributed by atoms with Gasteiger partial charge in [0.05, 0.1) is 11.4 Å². The highest BCUT2D eigenvalue weighted by atomic mass is 79.9. The minimum absolute atomic E-state index is 0.0287. The predicted octanol–water partition coefficient (Wildman–Crippen LogP) is 3.29. The maximum atomic E-state index is 12.2. The smallest absolute Gasteiger partial charge is 0.234 e. The van der Waals surface area contributed by atoms with E-state index >= 15 is 0 Å². The molecule has 7 heteroatoms. The van der Waals surface area contributed by atoms with E-state index in [0.717, 1.165) is 31.4 Å². The number of nitrogens with one attached hydrogen (secondary N) is 2. The first-order valence-electron chi connectivity index (χ1n) is 6.57. The van der Waals surface area contributed by atoms with E-state index in [4.69, 9.17) is 11.6 Å². The molecule has 0 saturated carbocycles.